The fourth-order valence-corrected chi connectivity index (χ4v) is 6.58. The van der Waals surface area contributed by atoms with Gasteiger partial charge in [-0.2, -0.15) is 0 Å². The Hall–Kier alpha value is -3.62. The molecule has 1 amide bonds. The molecule has 14 heteroatoms. The number of hydrogen-bond acceptors (Lipinski definition) is 10. The van der Waals surface area contributed by atoms with Crippen LogP contribution in [0.25, 0.3) is 5.76 Å². The van der Waals surface area contributed by atoms with E-state index in [1.54, 1.807) is 11.9 Å². The molecule has 0 bridgehead atoms. The SMILES string of the molecule is CN1CCC[C@H]1c1cc(O)c2c(c1OC(F)(F)F)C[C@H]1C[C@H]3[C@H](N)C(=O)C(C(N)=O)=C(O)[C@@]3(O)C(=O)C1=C2O. The second-order valence-electron chi connectivity index (χ2n) is 10.4. The van der Waals surface area contributed by atoms with Crippen LogP contribution in [0, 0.1) is 11.8 Å². The van der Waals surface area contributed by atoms with Crippen molar-refractivity contribution >= 4 is 23.2 Å². The summed E-state index contributed by atoms with van der Waals surface area (Å²) in [6, 6.07) is -1.14. The number of primary amides is 1. The van der Waals surface area contributed by atoms with Crippen molar-refractivity contribution < 1.29 is 52.7 Å². The van der Waals surface area contributed by atoms with Crippen molar-refractivity contribution in [2.75, 3.05) is 13.6 Å². The van der Waals surface area contributed by atoms with Crippen LogP contribution in [0.2, 0.25) is 0 Å². The van der Waals surface area contributed by atoms with Gasteiger partial charge in [-0.3, -0.25) is 19.3 Å². The number of Topliss-reactive ketones (excluding diaryl/α,β-unsaturated/α-hetero) is 2. The van der Waals surface area contributed by atoms with E-state index in [-0.39, 0.29) is 24.0 Å². The molecule has 0 radical (unpaired) electrons. The molecule has 5 rings (SSSR count). The van der Waals surface area contributed by atoms with Crippen LogP contribution in [-0.2, 0) is 20.8 Å². The van der Waals surface area contributed by atoms with E-state index in [1.165, 1.54) is 0 Å². The van der Waals surface area contributed by atoms with Crippen LogP contribution in [0.15, 0.2) is 23.0 Å². The number of ether oxygens (including phenoxy) is 1. The van der Waals surface area contributed by atoms with E-state index < -0.39 is 93.1 Å². The predicted molar refractivity (Wildman–Crippen MR) is 126 cm³/mol. The Labute approximate surface area is 219 Å². The third kappa shape index (κ3) is 3.80. The summed E-state index contributed by atoms with van der Waals surface area (Å²) in [7, 11) is 1.71. The lowest BCUT2D eigenvalue weighted by Gasteiger charge is -2.48. The molecule has 1 aliphatic heterocycles. The van der Waals surface area contributed by atoms with Gasteiger partial charge in [0.15, 0.2) is 11.4 Å². The molecule has 0 aromatic heterocycles. The molecule has 4 aliphatic rings. The first kappa shape index (κ1) is 27.0. The van der Waals surface area contributed by atoms with E-state index in [9.17, 15) is 48.0 Å². The van der Waals surface area contributed by atoms with Crippen LogP contribution in [0.1, 0.15) is 42.0 Å². The highest BCUT2D eigenvalue weighted by Crippen LogP contribution is 2.55. The molecule has 2 fully saturated rings. The number of halogens is 3. The Morgan fingerprint density at radius 3 is 2.46 bits per heavy atom. The van der Waals surface area contributed by atoms with Gasteiger partial charge in [0.1, 0.15) is 28.6 Å². The van der Waals surface area contributed by atoms with Crippen molar-refractivity contribution in [3.05, 3.63) is 39.7 Å². The van der Waals surface area contributed by atoms with E-state index in [2.05, 4.69) is 4.74 Å². The van der Waals surface area contributed by atoms with Crippen molar-refractivity contribution in [2.24, 2.45) is 23.3 Å². The van der Waals surface area contributed by atoms with Crippen LogP contribution in [0.4, 0.5) is 13.2 Å². The number of nitrogens with two attached hydrogens (primary N) is 2. The number of benzene rings is 1. The highest BCUT2D eigenvalue weighted by atomic mass is 19.4. The number of rotatable bonds is 3. The molecule has 0 spiro atoms. The predicted octanol–water partition coefficient (Wildman–Crippen LogP) is 1.03. The summed E-state index contributed by atoms with van der Waals surface area (Å²) in [6.07, 6.45) is -4.65. The number of amides is 1. The molecule has 1 aromatic rings. The van der Waals surface area contributed by atoms with Gasteiger partial charge in [-0.15, -0.1) is 13.2 Å². The monoisotopic (exact) mass is 553 g/mol. The van der Waals surface area contributed by atoms with Gasteiger partial charge in [-0.1, -0.05) is 0 Å². The molecule has 1 heterocycles. The van der Waals surface area contributed by atoms with E-state index in [0.29, 0.717) is 19.4 Å². The lowest BCUT2D eigenvalue weighted by Crippen LogP contribution is -2.65. The number of carbonyl (C=O) groups excluding carboxylic acids is 3. The molecule has 5 atom stereocenters. The number of ketones is 2. The smallest absolute Gasteiger partial charge is 0.508 e. The van der Waals surface area contributed by atoms with Crippen molar-refractivity contribution in [1.82, 2.24) is 4.90 Å². The third-order valence-electron chi connectivity index (χ3n) is 8.33. The first-order chi connectivity index (χ1) is 18.1. The summed E-state index contributed by atoms with van der Waals surface area (Å²) < 4.78 is 45.2. The third-order valence-corrected chi connectivity index (χ3v) is 8.33. The number of alkyl halides is 3. The normalized spacial score (nSPS) is 31.2. The van der Waals surface area contributed by atoms with Crippen molar-refractivity contribution in [1.29, 1.82) is 0 Å². The molecule has 1 saturated carbocycles. The summed E-state index contributed by atoms with van der Waals surface area (Å²) in [5.74, 6) is -9.90. The number of fused-ring (bicyclic) bond motifs is 3. The second kappa shape index (κ2) is 8.69. The van der Waals surface area contributed by atoms with Gasteiger partial charge in [-0.05, 0) is 51.3 Å². The largest absolute Gasteiger partial charge is 0.573 e. The highest BCUT2D eigenvalue weighted by Gasteiger charge is 2.63. The lowest BCUT2D eigenvalue weighted by atomic mass is 9.58. The Bertz CT molecular complexity index is 1390. The van der Waals surface area contributed by atoms with Crippen molar-refractivity contribution in [3.8, 4) is 11.5 Å². The maximum Gasteiger partial charge on any atom is 0.573 e. The number of aliphatic hydroxyl groups excluding tert-OH is 2. The molecular weight excluding hydrogens is 527 g/mol. The Kier molecular flexibility index (Phi) is 6.01. The number of hydrogen-bond donors (Lipinski definition) is 6. The molecule has 3 aliphatic carbocycles. The van der Waals surface area contributed by atoms with Gasteiger partial charge in [0, 0.05) is 28.7 Å². The number of nitrogens with zero attached hydrogens (tertiary/aromatic N) is 1. The number of aromatic hydroxyl groups is 1. The Morgan fingerprint density at radius 1 is 1.23 bits per heavy atom. The van der Waals surface area contributed by atoms with Gasteiger partial charge in [0.05, 0.1) is 11.6 Å². The van der Waals surface area contributed by atoms with Gasteiger partial charge in [0.2, 0.25) is 5.78 Å². The van der Waals surface area contributed by atoms with Crippen LogP contribution in [0.5, 0.6) is 11.5 Å². The van der Waals surface area contributed by atoms with Crippen LogP contribution < -0.4 is 16.2 Å². The Balaban J connectivity index is 1.73. The van der Waals surface area contributed by atoms with Crippen LogP contribution in [0.3, 0.4) is 0 Å². The summed E-state index contributed by atoms with van der Waals surface area (Å²) in [6.45, 7) is 0.594. The average Bonchev–Trinajstić information content (AvgIpc) is 3.25. The van der Waals surface area contributed by atoms with Gasteiger partial charge < -0.3 is 36.6 Å². The van der Waals surface area contributed by atoms with Crippen LogP contribution in [-0.4, -0.2) is 74.4 Å². The number of phenols is 1. The zero-order chi connectivity index (χ0) is 28.8. The summed E-state index contributed by atoms with van der Waals surface area (Å²) in [5.41, 5.74) is 6.01. The van der Waals surface area contributed by atoms with E-state index in [4.69, 9.17) is 11.5 Å². The molecule has 1 saturated heterocycles. The number of aliphatic hydroxyl groups is 3. The summed E-state index contributed by atoms with van der Waals surface area (Å²) >= 11 is 0. The topological polar surface area (TPSA) is 197 Å². The number of carbonyl (C=O) groups is 3. The fourth-order valence-electron chi connectivity index (χ4n) is 6.58. The van der Waals surface area contributed by atoms with Gasteiger partial charge >= 0.3 is 6.36 Å². The molecule has 39 heavy (non-hydrogen) atoms. The van der Waals surface area contributed by atoms with Gasteiger partial charge in [-0.25, -0.2) is 0 Å². The summed E-state index contributed by atoms with van der Waals surface area (Å²) in [5, 5.41) is 44.1. The minimum Gasteiger partial charge on any atom is -0.508 e. The summed E-state index contributed by atoms with van der Waals surface area (Å²) in [4.78, 5) is 39.9. The van der Waals surface area contributed by atoms with Gasteiger partial charge in [0.25, 0.3) is 5.91 Å². The maximum atomic E-state index is 13.6. The zero-order valence-electron chi connectivity index (χ0n) is 20.6. The van der Waals surface area contributed by atoms with Crippen molar-refractivity contribution in [2.45, 2.75) is 49.7 Å². The van der Waals surface area contributed by atoms with Crippen LogP contribution >= 0.6 is 0 Å². The molecular formula is C25H26F3N3O8. The number of likely N-dealkylation sites (tertiary alicyclic amines) is 1. The zero-order valence-corrected chi connectivity index (χ0v) is 20.6. The first-order valence-corrected chi connectivity index (χ1v) is 12.2. The minimum absolute atomic E-state index is 0.0506. The highest BCUT2D eigenvalue weighted by molar-refractivity contribution is 6.24. The van der Waals surface area contributed by atoms with E-state index in [0.717, 1.165) is 6.07 Å². The molecule has 8 N–H and O–H groups in total. The molecule has 0 unspecified atom stereocenters. The van der Waals surface area contributed by atoms with Crippen molar-refractivity contribution in [3.63, 3.8) is 0 Å². The standard InChI is InChI=1S/C25H26F3N3O8/c1-31-4-2-3-12(31)9-7-13(32)15-10(20(9)39-25(26,27)28)5-8-6-11-17(29)19(34)16(23(30)37)22(36)24(11,38)21(35)14(8)18(15)33/h7-8,11-12,17,32-33,36,38H,2-6,29H2,1H3,(H2,30,37)/t8-,11-,12-,17-,24-/m0/s1. The average molecular weight is 553 g/mol. The molecule has 11 nitrogen and oxygen atoms in total. The molecule has 210 valence electrons. The maximum absolute atomic E-state index is 13.6. The number of phenolic OH excluding ortho intramolecular Hbond substituents is 1. The first-order valence-electron chi connectivity index (χ1n) is 12.2. The minimum atomic E-state index is -5.13. The lowest BCUT2D eigenvalue weighted by molar-refractivity contribution is -0.275. The second-order valence-corrected chi connectivity index (χ2v) is 10.4. The molecule has 1 aromatic carbocycles. The van der Waals surface area contributed by atoms with E-state index >= 15 is 0 Å². The van der Waals surface area contributed by atoms with E-state index in [1.807, 2.05) is 0 Å². The fraction of sp³-hybridized carbons (Fsp3) is 0.480. The Morgan fingerprint density at radius 2 is 1.90 bits per heavy atom. The quantitative estimate of drug-likeness (QED) is 0.294.